The summed E-state index contributed by atoms with van der Waals surface area (Å²) in [6.07, 6.45) is 4.85. The molecule has 2 unspecified atom stereocenters. The van der Waals surface area contributed by atoms with E-state index in [1.54, 1.807) is 40.8 Å². The first-order valence-corrected chi connectivity index (χ1v) is 11.8. The molecule has 1 spiro atoms. The van der Waals surface area contributed by atoms with Gasteiger partial charge in [0.25, 0.3) is 0 Å². The van der Waals surface area contributed by atoms with Gasteiger partial charge in [0, 0.05) is 37.5 Å². The molecule has 0 radical (unpaired) electrons. The number of aliphatic hydroxyl groups is 1. The molecule has 3 amide bonds. The van der Waals surface area contributed by atoms with Crippen LogP contribution in [0, 0.1) is 11.8 Å². The number of carbonyl (C=O) groups is 3. The van der Waals surface area contributed by atoms with E-state index < -0.39 is 27.4 Å². The van der Waals surface area contributed by atoms with E-state index in [1.165, 1.54) is 4.90 Å². The minimum absolute atomic E-state index is 0.0534. The lowest BCUT2D eigenvalue weighted by atomic mass is 9.66. The third-order valence-electron chi connectivity index (χ3n) is 7.13. The lowest BCUT2D eigenvalue weighted by Gasteiger charge is -2.38. The first-order valence-electron chi connectivity index (χ1n) is 11.0. The van der Waals surface area contributed by atoms with Gasteiger partial charge in [-0.15, -0.1) is 24.9 Å². The largest absolute Gasteiger partial charge is 0.395 e. The average molecular weight is 450 g/mol. The van der Waals surface area contributed by atoms with Crippen molar-refractivity contribution in [3.8, 4) is 0 Å². The van der Waals surface area contributed by atoms with Crippen LogP contribution >= 0.6 is 11.8 Å². The number of β-amino-alcohol motifs (C(OH)–C–C–N with tert-alkyl or cyclic N) is 1. The van der Waals surface area contributed by atoms with Gasteiger partial charge in [-0.05, 0) is 33.6 Å². The van der Waals surface area contributed by atoms with Crippen molar-refractivity contribution in [2.45, 2.75) is 55.2 Å². The molecule has 31 heavy (non-hydrogen) atoms. The highest BCUT2D eigenvalue weighted by molar-refractivity contribution is 8.02. The van der Waals surface area contributed by atoms with Gasteiger partial charge < -0.3 is 19.8 Å². The Bertz CT molecular complexity index is 787. The molecule has 0 saturated carbocycles. The Balaban J connectivity index is 2.07. The Kier molecular flexibility index (Phi) is 6.63. The van der Waals surface area contributed by atoms with Gasteiger partial charge >= 0.3 is 0 Å². The molecule has 3 heterocycles. The summed E-state index contributed by atoms with van der Waals surface area (Å²) < 4.78 is -1.04. The van der Waals surface area contributed by atoms with Gasteiger partial charge in [0.05, 0.1) is 23.2 Å². The number of nitrogens with zero attached hydrogens (tertiary/aromatic N) is 3. The van der Waals surface area contributed by atoms with E-state index in [-0.39, 0.29) is 36.9 Å². The van der Waals surface area contributed by atoms with Crippen LogP contribution in [-0.2, 0) is 14.4 Å². The molecular formula is C23H35N3O4S. The molecule has 172 valence electrons. The number of likely N-dealkylation sites (tertiary alicyclic amines) is 1. The zero-order valence-corrected chi connectivity index (χ0v) is 19.9. The minimum Gasteiger partial charge on any atom is -0.395 e. The highest BCUT2D eigenvalue weighted by Gasteiger charge is 2.77. The van der Waals surface area contributed by atoms with Gasteiger partial charge in [-0.25, -0.2) is 0 Å². The summed E-state index contributed by atoms with van der Waals surface area (Å²) in [4.78, 5) is 45.8. The van der Waals surface area contributed by atoms with Crippen LogP contribution in [0.2, 0.25) is 0 Å². The van der Waals surface area contributed by atoms with Crippen LogP contribution in [0.4, 0.5) is 0 Å². The molecule has 3 aliphatic heterocycles. The molecular weight excluding hydrogens is 414 g/mol. The summed E-state index contributed by atoms with van der Waals surface area (Å²) in [7, 11) is 1.73. The molecule has 5 atom stereocenters. The number of carbonyl (C=O) groups excluding carboxylic acids is 3. The number of hydrogen-bond acceptors (Lipinski definition) is 5. The molecule has 7 nitrogen and oxygen atoms in total. The topological polar surface area (TPSA) is 81.2 Å². The maximum atomic E-state index is 13.8. The zero-order chi connectivity index (χ0) is 23.1. The van der Waals surface area contributed by atoms with Crippen LogP contribution in [0.15, 0.2) is 25.3 Å². The third-order valence-corrected chi connectivity index (χ3v) is 9.11. The molecule has 8 heteroatoms. The highest BCUT2D eigenvalue weighted by Crippen LogP contribution is 2.71. The Morgan fingerprint density at radius 2 is 1.90 bits per heavy atom. The zero-order valence-electron chi connectivity index (χ0n) is 19.0. The van der Waals surface area contributed by atoms with Crippen LogP contribution in [0.25, 0.3) is 0 Å². The quantitative estimate of drug-likeness (QED) is 0.540. The van der Waals surface area contributed by atoms with E-state index >= 15 is 0 Å². The normalized spacial score (nSPS) is 33.5. The Hall–Kier alpha value is -1.80. The van der Waals surface area contributed by atoms with Gasteiger partial charge in [0.1, 0.15) is 6.04 Å². The second-order valence-electron chi connectivity index (χ2n) is 9.36. The summed E-state index contributed by atoms with van der Waals surface area (Å²) in [6, 6.07) is -0.740. The molecule has 2 bridgehead atoms. The smallest absolute Gasteiger partial charge is 0.247 e. The van der Waals surface area contributed by atoms with Crippen molar-refractivity contribution < 1.29 is 19.5 Å². The van der Waals surface area contributed by atoms with Gasteiger partial charge in [-0.1, -0.05) is 12.2 Å². The highest BCUT2D eigenvalue weighted by atomic mass is 32.2. The van der Waals surface area contributed by atoms with Crippen LogP contribution in [0.1, 0.15) is 33.6 Å². The van der Waals surface area contributed by atoms with Crippen molar-refractivity contribution in [1.29, 1.82) is 0 Å². The van der Waals surface area contributed by atoms with Crippen molar-refractivity contribution in [3.63, 3.8) is 0 Å². The standard InChI is InChI=1S/C23H35N3O4S/c1-7-11-24(6)19(28)16-17-20(29)26(13-14-27)18(21(30)25(12-8-2)15(3)4)23(17)10-9-22(16,5)31-23/h7-8,15-18,27H,1-2,9-14H2,3-6H3/t16-,17+,18?,22+,23?/m1/s1. The predicted molar refractivity (Wildman–Crippen MR) is 122 cm³/mol. The molecule has 0 aromatic carbocycles. The molecule has 0 aromatic heterocycles. The monoisotopic (exact) mass is 449 g/mol. The van der Waals surface area contributed by atoms with Crippen molar-refractivity contribution >= 4 is 29.5 Å². The number of thioether (sulfide) groups is 1. The average Bonchev–Trinajstić information content (AvgIpc) is 3.27. The van der Waals surface area contributed by atoms with Gasteiger partial charge in [-0.2, -0.15) is 0 Å². The van der Waals surface area contributed by atoms with Gasteiger partial charge in [-0.3, -0.25) is 14.4 Å². The summed E-state index contributed by atoms with van der Waals surface area (Å²) in [5, 5.41) is 9.68. The number of amides is 3. The maximum Gasteiger partial charge on any atom is 0.247 e. The van der Waals surface area contributed by atoms with Crippen LogP contribution in [0.5, 0.6) is 0 Å². The van der Waals surface area contributed by atoms with Gasteiger partial charge in [0.2, 0.25) is 17.7 Å². The Morgan fingerprint density at radius 1 is 1.26 bits per heavy atom. The first kappa shape index (κ1) is 23.9. The predicted octanol–water partition coefficient (Wildman–Crippen LogP) is 1.53. The fourth-order valence-corrected chi connectivity index (χ4v) is 8.15. The fraction of sp³-hybridized carbons (Fsp3) is 0.696. The lowest BCUT2D eigenvalue weighted by Crippen LogP contribution is -2.56. The van der Waals surface area contributed by atoms with Crippen LogP contribution in [0.3, 0.4) is 0 Å². The SMILES string of the molecule is C=CCN(C)C(=O)[C@H]1[C@H]2C(=O)N(CCO)C(C(=O)N(CC=C)C(C)C)C23CC[C@]1(C)S3. The first-order chi connectivity index (χ1) is 14.6. The molecule has 0 aliphatic carbocycles. The van der Waals surface area contributed by atoms with E-state index in [9.17, 15) is 19.5 Å². The van der Waals surface area contributed by atoms with Crippen molar-refractivity contribution in [2.24, 2.45) is 11.8 Å². The number of aliphatic hydroxyl groups excluding tert-OH is 1. The number of rotatable bonds is 9. The second kappa shape index (κ2) is 8.62. The fourth-order valence-electron chi connectivity index (χ4n) is 5.80. The lowest BCUT2D eigenvalue weighted by molar-refractivity contribution is -0.145. The van der Waals surface area contributed by atoms with E-state index in [2.05, 4.69) is 20.1 Å². The van der Waals surface area contributed by atoms with E-state index in [1.807, 2.05) is 13.8 Å². The van der Waals surface area contributed by atoms with E-state index in [0.717, 1.165) is 6.42 Å². The number of hydrogen-bond donors (Lipinski definition) is 1. The molecule has 3 fully saturated rings. The Labute approximate surface area is 189 Å². The van der Waals surface area contributed by atoms with E-state index in [0.29, 0.717) is 19.5 Å². The van der Waals surface area contributed by atoms with Gasteiger partial charge in [0.15, 0.2) is 0 Å². The van der Waals surface area contributed by atoms with E-state index in [4.69, 9.17) is 0 Å². The molecule has 3 saturated heterocycles. The molecule has 0 aromatic rings. The van der Waals surface area contributed by atoms with Crippen LogP contribution in [-0.4, -0.2) is 92.4 Å². The van der Waals surface area contributed by atoms with Crippen LogP contribution < -0.4 is 0 Å². The van der Waals surface area contributed by atoms with Crippen molar-refractivity contribution in [2.75, 3.05) is 33.3 Å². The molecule has 3 aliphatic rings. The number of likely N-dealkylation sites (N-methyl/N-ethyl adjacent to an activating group) is 1. The van der Waals surface area contributed by atoms with Crippen molar-refractivity contribution in [1.82, 2.24) is 14.7 Å². The summed E-state index contributed by atoms with van der Waals surface area (Å²) in [5.74, 6) is -1.43. The third kappa shape index (κ3) is 3.52. The maximum absolute atomic E-state index is 13.8. The summed E-state index contributed by atoms with van der Waals surface area (Å²) >= 11 is 1.65. The molecule has 1 N–H and O–H groups in total. The summed E-state index contributed by atoms with van der Waals surface area (Å²) in [6.45, 7) is 14.1. The summed E-state index contributed by atoms with van der Waals surface area (Å²) in [5.41, 5.74) is 0. The number of fused-ring (bicyclic) bond motifs is 1. The Morgan fingerprint density at radius 3 is 2.45 bits per heavy atom. The second-order valence-corrected chi connectivity index (χ2v) is 11.3. The minimum atomic E-state index is -0.686. The van der Waals surface area contributed by atoms with Crippen molar-refractivity contribution in [3.05, 3.63) is 25.3 Å². The molecule has 3 rings (SSSR count).